The fraction of sp³-hybridized carbons (Fsp3) is 0.300. The van der Waals surface area contributed by atoms with Gasteiger partial charge in [0.25, 0.3) is 5.91 Å². The molecular weight excluding hydrogens is 478 g/mol. The van der Waals surface area contributed by atoms with E-state index in [1.165, 1.54) is 0 Å². The largest absolute Gasteiger partial charge is 0.489 e. The summed E-state index contributed by atoms with van der Waals surface area (Å²) in [5.74, 6) is 0.666. The van der Waals surface area contributed by atoms with Crippen LogP contribution in [0.2, 0.25) is 0 Å². The van der Waals surface area contributed by atoms with Gasteiger partial charge < -0.3 is 24.7 Å². The molecule has 4 aromatic rings. The fourth-order valence-corrected chi connectivity index (χ4v) is 5.12. The molecule has 4 heterocycles. The summed E-state index contributed by atoms with van der Waals surface area (Å²) in [6, 6.07) is 19.7. The van der Waals surface area contributed by atoms with Crippen molar-refractivity contribution in [1.82, 2.24) is 20.2 Å². The van der Waals surface area contributed by atoms with Gasteiger partial charge in [-0.15, -0.1) is 0 Å². The summed E-state index contributed by atoms with van der Waals surface area (Å²) in [7, 11) is 0. The third-order valence-corrected chi connectivity index (χ3v) is 7.23. The average molecular weight is 508 g/mol. The lowest BCUT2D eigenvalue weighted by atomic mass is 10.0. The summed E-state index contributed by atoms with van der Waals surface area (Å²) in [5, 5.41) is 14.1. The Morgan fingerprint density at radius 2 is 1.79 bits per heavy atom. The molecule has 6 rings (SSSR count). The zero-order chi connectivity index (χ0) is 25.9. The number of amides is 1. The standard InChI is InChI=1S/C30H29N5O3/c31-19-23-17-22(5-6-28(23)38-24-8-15-37-16-9-24)29-25-18-27(34-26(25)7-10-33-29)20-1-3-21(4-2-20)30(36)35-13-11-32-12-14-35/h1-7,10,17-18,24,32,34H,8-9,11-16H2. The quantitative estimate of drug-likeness (QED) is 0.416. The monoisotopic (exact) mass is 507 g/mol. The molecule has 2 aliphatic rings. The van der Waals surface area contributed by atoms with Gasteiger partial charge in [0, 0.05) is 72.9 Å². The minimum atomic E-state index is 0.0639. The van der Waals surface area contributed by atoms with E-state index < -0.39 is 0 Å². The van der Waals surface area contributed by atoms with E-state index in [1.807, 2.05) is 53.4 Å². The maximum absolute atomic E-state index is 12.8. The van der Waals surface area contributed by atoms with Gasteiger partial charge in [-0.2, -0.15) is 5.26 Å². The second-order valence-electron chi connectivity index (χ2n) is 9.68. The number of nitriles is 1. The van der Waals surface area contributed by atoms with Crippen LogP contribution in [0.1, 0.15) is 28.8 Å². The normalized spacial score (nSPS) is 16.3. The minimum Gasteiger partial charge on any atom is -0.489 e. The molecule has 0 radical (unpaired) electrons. The molecule has 8 heteroatoms. The van der Waals surface area contributed by atoms with Crippen LogP contribution >= 0.6 is 0 Å². The molecule has 0 atom stereocenters. The van der Waals surface area contributed by atoms with Crippen molar-refractivity contribution >= 4 is 16.8 Å². The van der Waals surface area contributed by atoms with E-state index in [0.29, 0.717) is 30.1 Å². The number of nitrogens with zero attached hydrogens (tertiary/aromatic N) is 3. The number of rotatable bonds is 5. The number of H-pyrrole nitrogens is 1. The third kappa shape index (κ3) is 4.86. The molecule has 0 bridgehead atoms. The van der Waals surface area contributed by atoms with Crippen LogP contribution in [0.4, 0.5) is 0 Å². The van der Waals surface area contributed by atoms with Crippen molar-refractivity contribution in [2.24, 2.45) is 0 Å². The van der Waals surface area contributed by atoms with Crippen molar-refractivity contribution < 1.29 is 14.3 Å². The number of piperazine rings is 1. The third-order valence-electron chi connectivity index (χ3n) is 7.23. The number of benzene rings is 2. The number of nitrogens with one attached hydrogen (secondary N) is 2. The Kier molecular flexibility index (Phi) is 6.78. The Morgan fingerprint density at radius 3 is 2.55 bits per heavy atom. The van der Waals surface area contributed by atoms with Gasteiger partial charge in [-0.25, -0.2) is 0 Å². The predicted molar refractivity (Wildman–Crippen MR) is 145 cm³/mol. The van der Waals surface area contributed by atoms with Crippen molar-refractivity contribution in [3.63, 3.8) is 0 Å². The summed E-state index contributed by atoms with van der Waals surface area (Å²) in [6.07, 6.45) is 3.48. The number of hydrogen-bond donors (Lipinski definition) is 2. The first-order chi connectivity index (χ1) is 18.7. The number of carbonyl (C=O) groups excluding carboxylic acids is 1. The Morgan fingerprint density at radius 1 is 1.03 bits per heavy atom. The highest BCUT2D eigenvalue weighted by Gasteiger charge is 2.20. The Balaban J connectivity index is 1.27. The van der Waals surface area contributed by atoms with Gasteiger partial charge >= 0.3 is 0 Å². The van der Waals surface area contributed by atoms with Crippen LogP contribution in [0.25, 0.3) is 33.4 Å². The topological polar surface area (TPSA) is 103 Å². The summed E-state index contributed by atoms with van der Waals surface area (Å²) >= 11 is 0. The number of ether oxygens (including phenoxy) is 2. The highest BCUT2D eigenvalue weighted by Crippen LogP contribution is 2.33. The van der Waals surface area contributed by atoms with Crippen LogP contribution in [-0.2, 0) is 4.74 Å². The Labute approximate surface area is 221 Å². The van der Waals surface area contributed by atoms with Crippen LogP contribution < -0.4 is 10.1 Å². The Hall–Kier alpha value is -4.19. The summed E-state index contributed by atoms with van der Waals surface area (Å²) in [6.45, 7) is 4.49. The number of aromatic amines is 1. The van der Waals surface area contributed by atoms with Crippen LogP contribution in [0.3, 0.4) is 0 Å². The van der Waals surface area contributed by atoms with E-state index in [4.69, 9.17) is 9.47 Å². The predicted octanol–water partition coefficient (Wildman–Crippen LogP) is 4.37. The molecule has 0 saturated carbocycles. The van der Waals surface area contributed by atoms with Gasteiger partial charge in [-0.3, -0.25) is 9.78 Å². The second kappa shape index (κ2) is 10.7. The van der Waals surface area contributed by atoms with Gasteiger partial charge in [0.2, 0.25) is 0 Å². The summed E-state index contributed by atoms with van der Waals surface area (Å²) < 4.78 is 11.5. The van der Waals surface area contributed by atoms with E-state index >= 15 is 0 Å². The highest BCUT2D eigenvalue weighted by atomic mass is 16.5. The molecule has 8 nitrogen and oxygen atoms in total. The van der Waals surface area contributed by atoms with Crippen molar-refractivity contribution in [1.29, 1.82) is 5.26 Å². The van der Waals surface area contributed by atoms with Gasteiger partial charge in [0.1, 0.15) is 17.9 Å². The van der Waals surface area contributed by atoms with E-state index in [2.05, 4.69) is 27.4 Å². The molecule has 0 spiro atoms. The molecule has 1 amide bonds. The van der Waals surface area contributed by atoms with E-state index in [9.17, 15) is 10.1 Å². The summed E-state index contributed by atoms with van der Waals surface area (Å²) in [5.41, 5.74) is 5.72. The number of fused-ring (bicyclic) bond motifs is 1. The van der Waals surface area contributed by atoms with Gasteiger partial charge in [-0.1, -0.05) is 12.1 Å². The molecule has 0 aliphatic carbocycles. The molecule has 2 saturated heterocycles. The van der Waals surface area contributed by atoms with Gasteiger partial charge in [0.05, 0.1) is 24.5 Å². The van der Waals surface area contributed by atoms with Gasteiger partial charge in [0.15, 0.2) is 0 Å². The molecule has 192 valence electrons. The molecular formula is C30H29N5O3. The second-order valence-corrected chi connectivity index (χ2v) is 9.68. The number of hydrogen-bond acceptors (Lipinski definition) is 6. The molecule has 0 unspecified atom stereocenters. The van der Waals surface area contributed by atoms with Crippen molar-refractivity contribution in [3.05, 3.63) is 71.9 Å². The molecule has 2 aromatic heterocycles. The first kappa shape index (κ1) is 24.2. The van der Waals surface area contributed by atoms with Crippen LogP contribution in [0.5, 0.6) is 5.75 Å². The average Bonchev–Trinajstić information content (AvgIpc) is 3.43. The molecule has 2 N–H and O–H groups in total. The van der Waals surface area contributed by atoms with E-state index in [1.54, 1.807) is 6.20 Å². The number of pyridine rings is 1. The van der Waals surface area contributed by atoms with Gasteiger partial charge in [-0.05, 0) is 48.0 Å². The molecule has 2 aliphatic heterocycles. The zero-order valence-electron chi connectivity index (χ0n) is 21.1. The lowest BCUT2D eigenvalue weighted by Crippen LogP contribution is -2.46. The van der Waals surface area contributed by atoms with E-state index in [-0.39, 0.29) is 12.0 Å². The molecule has 38 heavy (non-hydrogen) atoms. The van der Waals surface area contributed by atoms with Crippen molar-refractivity contribution in [2.75, 3.05) is 39.4 Å². The number of aromatic nitrogens is 2. The first-order valence-corrected chi connectivity index (χ1v) is 13.1. The molecule has 2 aromatic carbocycles. The SMILES string of the molecule is N#Cc1cc(-c2nccc3[nH]c(-c4ccc(C(=O)N5CCNCC5)cc4)cc23)ccc1OC1CCOCC1. The van der Waals surface area contributed by atoms with Crippen molar-refractivity contribution in [2.45, 2.75) is 18.9 Å². The fourth-order valence-electron chi connectivity index (χ4n) is 5.12. The lowest BCUT2D eigenvalue weighted by Gasteiger charge is -2.27. The van der Waals surface area contributed by atoms with Crippen LogP contribution in [0, 0.1) is 11.3 Å². The zero-order valence-corrected chi connectivity index (χ0v) is 21.1. The number of carbonyl (C=O) groups is 1. The van der Waals surface area contributed by atoms with Crippen LogP contribution in [-0.4, -0.2) is 66.3 Å². The first-order valence-electron chi connectivity index (χ1n) is 13.1. The highest BCUT2D eigenvalue weighted by molar-refractivity contribution is 5.97. The molecule has 2 fully saturated rings. The maximum atomic E-state index is 12.8. The summed E-state index contributed by atoms with van der Waals surface area (Å²) in [4.78, 5) is 22.8. The Bertz CT molecular complexity index is 1490. The smallest absolute Gasteiger partial charge is 0.253 e. The lowest BCUT2D eigenvalue weighted by molar-refractivity contribution is 0.0254. The minimum absolute atomic E-state index is 0.0639. The van der Waals surface area contributed by atoms with Crippen molar-refractivity contribution in [3.8, 4) is 34.3 Å². The van der Waals surface area contributed by atoms with E-state index in [0.717, 1.165) is 72.4 Å². The van der Waals surface area contributed by atoms with Crippen LogP contribution in [0.15, 0.2) is 60.8 Å². The maximum Gasteiger partial charge on any atom is 0.253 e.